The molecule has 7 nitrogen and oxygen atoms in total. The first-order valence-electron chi connectivity index (χ1n) is 6.68. The highest BCUT2D eigenvalue weighted by Crippen LogP contribution is 2.25. The van der Waals surface area contributed by atoms with Crippen LogP contribution in [0.3, 0.4) is 0 Å². The van der Waals surface area contributed by atoms with Gasteiger partial charge in [0.05, 0.1) is 12.1 Å². The molecule has 0 fully saturated rings. The average Bonchev–Trinajstić information content (AvgIpc) is 3.17. The third kappa shape index (κ3) is 4.86. The van der Waals surface area contributed by atoms with Crippen molar-refractivity contribution in [3.8, 4) is 10.6 Å². The maximum absolute atomic E-state index is 11.8. The molecule has 2 rings (SSSR count). The van der Waals surface area contributed by atoms with Crippen LogP contribution in [0.1, 0.15) is 12.6 Å². The molecule has 0 spiro atoms. The number of aromatic nitrogens is 1. The van der Waals surface area contributed by atoms with Crippen LogP contribution in [0.2, 0.25) is 0 Å². The van der Waals surface area contributed by atoms with Gasteiger partial charge in [0, 0.05) is 23.4 Å². The molecule has 122 valence electrons. The highest BCUT2D eigenvalue weighted by Gasteiger charge is 2.20. The lowest BCUT2D eigenvalue weighted by Crippen LogP contribution is -2.43. The summed E-state index contributed by atoms with van der Waals surface area (Å²) in [5.74, 6) is -1.26. The number of hydrogen-bond donors (Lipinski definition) is 2. The molecule has 0 aromatic carbocycles. The molecule has 2 N–H and O–H groups in total. The molecular weight excluding hydrogens is 338 g/mol. The second-order valence-electron chi connectivity index (χ2n) is 4.53. The van der Waals surface area contributed by atoms with Crippen molar-refractivity contribution in [1.29, 1.82) is 0 Å². The molecule has 0 aliphatic rings. The number of thiophene rings is 1. The summed E-state index contributed by atoms with van der Waals surface area (Å²) in [7, 11) is 1.38. The van der Waals surface area contributed by atoms with Gasteiger partial charge in [-0.1, -0.05) is 0 Å². The van der Waals surface area contributed by atoms with Crippen molar-refractivity contribution in [2.75, 3.05) is 7.05 Å². The van der Waals surface area contributed by atoms with Crippen molar-refractivity contribution in [3.05, 3.63) is 27.9 Å². The molecule has 3 amide bonds. The molecule has 0 unspecified atom stereocenters. The van der Waals surface area contributed by atoms with E-state index in [0.717, 1.165) is 10.6 Å². The number of carbonyl (C=O) groups is 3. The Balaban J connectivity index is 1.87. The first-order chi connectivity index (χ1) is 11.0. The number of esters is 1. The number of carbonyl (C=O) groups excluding carboxylic acids is 3. The zero-order valence-electron chi connectivity index (χ0n) is 12.5. The van der Waals surface area contributed by atoms with Crippen LogP contribution >= 0.6 is 22.7 Å². The van der Waals surface area contributed by atoms with Crippen LogP contribution in [-0.4, -0.2) is 36.0 Å². The Hall–Kier alpha value is -2.26. The van der Waals surface area contributed by atoms with Crippen LogP contribution in [0, 0.1) is 0 Å². The first kappa shape index (κ1) is 17.1. The van der Waals surface area contributed by atoms with Gasteiger partial charge in [-0.05, 0) is 18.4 Å². The Bertz CT molecular complexity index is 697. The van der Waals surface area contributed by atoms with Gasteiger partial charge < -0.3 is 10.1 Å². The quantitative estimate of drug-likeness (QED) is 0.799. The molecule has 1 atom stereocenters. The summed E-state index contributed by atoms with van der Waals surface area (Å²) in [6.07, 6.45) is -1.09. The molecule has 2 aromatic heterocycles. The van der Waals surface area contributed by atoms with E-state index >= 15 is 0 Å². The van der Waals surface area contributed by atoms with Crippen molar-refractivity contribution in [2.24, 2.45) is 0 Å². The van der Waals surface area contributed by atoms with E-state index in [4.69, 9.17) is 4.74 Å². The molecule has 2 aromatic rings. The summed E-state index contributed by atoms with van der Waals surface area (Å²) < 4.78 is 5.00. The number of hydrogen-bond acceptors (Lipinski definition) is 7. The number of nitrogens with zero attached hydrogens (tertiary/aromatic N) is 1. The van der Waals surface area contributed by atoms with Gasteiger partial charge in [0.25, 0.3) is 5.91 Å². The van der Waals surface area contributed by atoms with Gasteiger partial charge >= 0.3 is 12.0 Å². The Labute approximate surface area is 140 Å². The van der Waals surface area contributed by atoms with E-state index in [-0.39, 0.29) is 6.42 Å². The van der Waals surface area contributed by atoms with Gasteiger partial charge in [0.15, 0.2) is 6.10 Å². The second-order valence-corrected chi connectivity index (χ2v) is 6.17. The smallest absolute Gasteiger partial charge is 0.321 e. The number of imide groups is 1. The summed E-state index contributed by atoms with van der Waals surface area (Å²) in [4.78, 5) is 38.8. The predicted octanol–water partition coefficient (Wildman–Crippen LogP) is 1.80. The molecule has 9 heteroatoms. The largest absolute Gasteiger partial charge is 0.452 e. The van der Waals surface area contributed by atoms with Crippen molar-refractivity contribution in [1.82, 2.24) is 15.6 Å². The third-order valence-corrected chi connectivity index (χ3v) is 4.41. The van der Waals surface area contributed by atoms with Crippen LogP contribution in [0.25, 0.3) is 10.6 Å². The van der Waals surface area contributed by atoms with Gasteiger partial charge in [-0.2, -0.15) is 11.3 Å². The number of thiazole rings is 1. The van der Waals surface area contributed by atoms with Gasteiger partial charge in [0.2, 0.25) is 0 Å². The van der Waals surface area contributed by atoms with E-state index in [0.29, 0.717) is 5.69 Å². The maximum Gasteiger partial charge on any atom is 0.321 e. The molecule has 0 radical (unpaired) electrons. The first-order valence-corrected chi connectivity index (χ1v) is 8.51. The van der Waals surface area contributed by atoms with E-state index in [9.17, 15) is 14.4 Å². The number of nitrogens with one attached hydrogen (secondary N) is 2. The Morgan fingerprint density at radius 3 is 2.78 bits per heavy atom. The van der Waals surface area contributed by atoms with E-state index in [1.165, 1.54) is 25.3 Å². The normalized spacial score (nSPS) is 11.6. The Morgan fingerprint density at radius 2 is 2.13 bits per heavy atom. The van der Waals surface area contributed by atoms with Crippen molar-refractivity contribution < 1.29 is 19.1 Å². The molecular formula is C14H15N3O4S2. The van der Waals surface area contributed by atoms with Crippen LogP contribution in [0.15, 0.2) is 22.2 Å². The fourth-order valence-electron chi connectivity index (χ4n) is 1.62. The predicted molar refractivity (Wildman–Crippen MR) is 87.3 cm³/mol. The van der Waals surface area contributed by atoms with E-state index in [2.05, 4.69) is 10.3 Å². The number of urea groups is 1. The van der Waals surface area contributed by atoms with Gasteiger partial charge in [-0.25, -0.2) is 9.78 Å². The average molecular weight is 353 g/mol. The summed E-state index contributed by atoms with van der Waals surface area (Å²) in [6, 6.07) is 1.30. The van der Waals surface area contributed by atoms with Crippen LogP contribution < -0.4 is 10.6 Å². The SMILES string of the molecule is CNC(=O)NC(=O)[C@H](C)OC(=O)Cc1csc(-c2ccsc2)n1. The van der Waals surface area contributed by atoms with Crippen LogP contribution in [0.5, 0.6) is 0 Å². The summed E-state index contributed by atoms with van der Waals surface area (Å²) in [5.41, 5.74) is 1.60. The van der Waals surface area contributed by atoms with Crippen LogP contribution in [0.4, 0.5) is 4.79 Å². The maximum atomic E-state index is 11.8. The minimum absolute atomic E-state index is 0.0295. The monoisotopic (exact) mass is 353 g/mol. The molecule has 0 saturated heterocycles. The topological polar surface area (TPSA) is 97.4 Å². The summed E-state index contributed by atoms with van der Waals surface area (Å²) >= 11 is 3.02. The van der Waals surface area contributed by atoms with E-state index in [1.54, 1.807) is 16.7 Å². The summed E-state index contributed by atoms with van der Waals surface area (Å²) in [6.45, 7) is 1.40. The van der Waals surface area contributed by atoms with Crippen molar-refractivity contribution in [2.45, 2.75) is 19.4 Å². The summed E-state index contributed by atoms with van der Waals surface area (Å²) in [5, 5.41) is 10.8. The van der Waals surface area contributed by atoms with E-state index < -0.39 is 24.0 Å². The molecule has 2 heterocycles. The van der Waals surface area contributed by atoms with Crippen molar-refractivity contribution in [3.63, 3.8) is 0 Å². The fourth-order valence-corrected chi connectivity index (χ4v) is 3.16. The Kier molecular flexibility index (Phi) is 5.83. The minimum atomic E-state index is -1.06. The molecule has 23 heavy (non-hydrogen) atoms. The fraction of sp³-hybridized carbons (Fsp3) is 0.286. The molecule has 0 aliphatic heterocycles. The van der Waals surface area contributed by atoms with Gasteiger partial charge in [-0.3, -0.25) is 14.9 Å². The standard InChI is InChI=1S/C14H15N3O4S2/c1-8(12(19)17-14(20)15-2)21-11(18)5-10-7-23-13(16-10)9-3-4-22-6-9/h3-4,6-8H,5H2,1-2H3,(H2,15,17,19,20)/t8-/m0/s1. The lowest BCUT2D eigenvalue weighted by molar-refractivity contribution is -0.153. The number of amides is 3. The minimum Gasteiger partial charge on any atom is -0.452 e. The number of ether oxygens (including phenoxy) is 1. The highest BCUT2D eigenvalue weighted by atomic mass is 32.1. The third-order valence-electron chi connectivity index (χ3n) is 2.79. The molecule has 0 aliphatic carbocycles. The van der Waals surface area contributed by atoms with Crippen LogP contribution in [-0.2, 0) is 20.7 Å². The lowest BCUT2D eigenvalue weighted by Gasteiger charge is -2.12. The Morgan fingerprint density at radius 1 is 1.35 bits per heavy atom. The van der Waals surface area contributed by atoms with Gasteiger partial charge in [-0.15, -0.1) is 11.3 Å². The zero-order chi connectivity index (χ0) is 16.8. The highest BCUT2D eigenvalue weighted by molar-refractivity contribution is 7.14. The molecule has 0 saturated carbocycles. The van der Waals surface area contributed by atoms with E-state index in [1.807, 2.05) is 22.1 Å². The van der Waals surface area contributed by atoms with Gasteiger partial charge in [0.1, 0.15) is 5.01 Å². The second kappa shape index (κ2) is 7.84. The van der Waals surface area contributed by atoms with Crippen molar-refractivity contribution >= 4 is 40.6 Å². The number of rotatable bonds is 5. The lowest BCUT2D eigenvalue weighted by atomic mass is 10.3. The zero-order valence-corrected chi connectivity index (χ0v) is 14.1. The molecule has 0 bridgehead atoms.